The summed E-state index contributed by atoms with van der Waals surface area (Å²) in [6, 6.07) is 11.2. The molecular weight excluding hydrogens is 363 g/mol. The molecule has 0 atom stereocenters. The Morgan fingerprint density at radius 3 is 2.41 bits per heavy atom. The smallest absolute Gasteiger partial charge is 0.418 e. The molecule has 0 spiro atoms. The van der Waals surface area contributed by atoms with Gasteiger partial charge in [-0.15, -0.1) is 0 Å². The summed E-state index contributed by atoms with van der Waals surface area (Å²) in [6.45, 7) is 1.71. The van der Waals surface area contributed by atoms with Gasteiger partial charge in [0, 0.05) is 0 Å². The van der Waals surface area contributed by atoms with E-state index in [1.165, 1.54) is 24.3 Å². The van der Waals surface area contributed by atoms with E-state index in [4.69, 9.17) is 4.74 Å². The van der Waals surface area contributed by atoms with Gasteiger partial charge in [-0.05, 0) is 31.2 Å². The molecule has 2 aromatic rings. The first kappa shape index (κ1) is 20.1. The zero-order valence-electron chi connectivity index (χ0n) is 14.4. The van der Waals surface area contributed by atoms with Crippen LogP contribution in [0.15, 0.2) is 48.5 Å². The maximum Gasteiger partial charge on any atom is 0.418 e. The Morgan fingerprint density at radius 2 is 1.70 bits per heavy atom. The van der Waals surface area contributed by atoms with Gasteiger partial charge in [-0.1, -0.05) is 24.3 Å². The first-order valence-corrected chi connectivity index (χ1v) is 8.04. The van der Waals surface area contributed by atoms with Gasteiger partial charge < -0.3 is 10.1 Å². The fourth-order valence-electron chi connectivity index (χ4n) is 2.21. The number of alkyl halides is 3. The Hall–Kier alpha value is -3.23. The molecule has 2 amide bonds. The number of anilines is 1. The molecule has 0 radical (unpaired) electrons. The van der Waals surface area contributed by atoms with Gasteiger partial charge >= 0.3 is 6.18 Å². The summed E-state index contributed by atoms with van der Waals surface area (Å²) < 4.78 is 44.0. The Labute approximate surface area is 153 Å². The number of benzene rings is 2. The maximum absolute atomic E-state index is 12.9. The van der Waals surface area contributed by atoms with Gasteiger partial charge in [0.1, 0.15) is 5.75 Å². The Morgan fingerprint density at radius 1 is 1.04 bits per heavy atom. The van der Waals surface area contributed by atoms with Crippen LogP contribution in [0.1, 0.15) is 22.8 Å². The van der Waals surface area contributed by atoms with Crippen LogP contribution in [-0.4, -0.2) is 25.0 Å². The van der Waals surface area contributed by atoms with Gasteiger partial charge in [0.05, 0.1) is 30.0 Å². The van der Waals surface area contributed by atoms with Crippen molar-refractivity contribution in [3.8, 4) is 5.75 Å². The Bertz CT molecular complexity index is 810. The van der Waals surface area contributed by atoms with Gasteiger partial charge in [-0.25, -0.2) is 0 Å². The van der Waals surface area contributed by atoms with Gasteiger partial charge in [0.15, 0.2) is 0 Å². The monoisotopic (exact) mass is 381 g/mol. The van der Waals surface area contributed by atoms with Crippen LogP contribution in [0.4, 0.5) is 18.9 Å². The quantitative estimate of drug-likeness (QED) is 0.645. The largest absolute Gasteiger partial charge is 0.493 e. The second-order valence-electron chi connectivity index (χ2n) is 5.33. The highest BCUT2D eigenvalue weighted by Gasteiger charge is 2.33. The highest BCUT2D eigenvalue weighted by Crippen LogP contribution is 2.34. The Kier molecular flexibility index (Phi) is 6.64. The summed E-state index contributed by atoms with van der Waals surface area (Å²) in [5.41, 5.74) is 3.38. The fourth-order valence-corrected chi connectivity index (χ4v) is 2.21. The summed E-state index contributed by atoms with van der Waals surface area (Å²) in [4.78, 5) is 24.0. The van der Waals surface area contributed by atoms with Crippen molar-refractivity contribution in [1.29, 1.82) is 0 Å². The van der Waals surface area contributed by atoms with E-state index in [2.05, 4.69) is 16.2 Å². The molecule has 0 saturated carbocycles. The molecule has 6 nitrogen and oxygen atoms in total. The number of ether oxygens (including phenoxy) is 1. The van der Waals surface area contributed by atoms with Crippen molar-refractivity contribution in [1.82, 2.24) is 10.7 Å². The number of hydrogen-bond acceptors (Lipinski definition) is 4. The van der Waals surface area contributed by atoms with Crippen LogP contribution >= 0.6 is 0 Å². The van der Waals surface area contributed by atoms with Crippen molar-refractivity contribution in [2.45, 2.75) is 13.1 Å². The molecular formula is C18H18F3N3O3. The molecule has 0 aromatic heterocycles. The minimum Gasteiger partial charge on any atom is -0.493 e. The van der Waals surface area contributed by atoms with Crippen LogP contribution in [0.3, 0.4) is 0 Å². The molecule has 0 heterocycles. The summed E-state index contributed by atoms with van der Waals surface area (Å²) in [5, 5.41) is 2.39. The molecule has 0 bridgehead atoms. The van der Waals surface area contributed by atoms with Crippen LogP contribution < -0.4 is 20.9 Å². The van der Waals surface area contributed by atoms with E-state index >= 15 is 0 Å². The van der Waals surface area contributed by atoms with E-state index in [1.807, 2.05) is 0 Å². The highest BCUT2D eigenvalue weighted by atomic mass is 19.4. The van der Waals surface area contributed by atoms with Crippen LogP contribution in [0, 0.1) is 0 Å². The van der Waals surface area contributed by atoms with E-state index < -0.39 is 30.1 Å². The number of hydrazine groups is 1. The van der Waals surface area contributed by atoms with Gasteiger partial charge in [-0.2, -0.15) is 13.2 Å². The predicted molar refractivity (Wildman–Crippen MR) is 93.2 cm³/mol. The molecule has 0 aliphatic rings. The van der Waals surface area contributed by atoms with Gasteiger partial charge in [-0.3, -0.25) is 20.4 Å². The maximum atomic E-state index is 12.9. The lowest BCUT2D eigenvalue weighted by Crippen LogP contribution is -2.39. The number of para-hydroxylation sites is 2. The third-order valence-electron chi connectivity index (χ3n) is 3.41. The van der Waals surface area contributed by atoms with Gasteiger partial charge in [0.2, 0.25) is 0 Å². The first-order valence-electron chi connectivity index (χ1n) is 8.04. The summed E-state index contributed by atoms with van der Waals surface area (Å²) in [5.74, 6) is -0.880. The van der Waals surface area contributed by atoms with E-state index in [-0.39, 0.29) is 11.3 Å². The van der Waals surface area contributed by atoms with Crippen LogP contribution in [0.25, 0.3) is 0 Å². The lowest BCUT2D eigenvalue weighted by molar-refractivity contribution is -0.137. The molecule has 144 valence electrons. The lowest BCUT2D eigenvalue weighted by atomic mass is 10.2. The number of carbonyl (C=O) groups excluding carboxylic acids is 2. The minimum absolute atomic E-state index is 0.252. The average molecular weight is 381 g/mol. The zero-order chi connectivity index (χ0) is 19.9. The average Bonchev–Trinajstić information content (AvgIpc) is 2.64. The van der Waals surface area contributed by atoms with Crippen molar-refractivity contribution < 1.29 is 27.5 Å². The predicted octanol–water partition coefficient (Wildman–Crippen LogP) is 2.98. The number of amides is 2. The molecule has 0 saturated heterocycles. The van der Waals surface area contributed by atoms with Crippen molar-refractivity contribution in [2.24, 2.45) is 0 Å². The van der Waals surface area contributed by atoms with Crippen molar-refractivity contribution >= 4 is 17.5 Å². The molecule has 3 N–H and O–H groups in total. The topological polar surface area (TPSA) is 79.5 Å². The fraction of sp³-hybridized carbons (Fsp3) is 0.222. The SMILES string of the molecule is CCOc1ccccc1C(=O)NCC(=O)NNc1ccccc1C(F)(F)F. The minimum atomic E-state index is -4.56. The van der Waals surface area contributed by atoms with Crippen molar-refractivity contribution in [3.63, 3.8) is 0 Å². The van der Waals surface area contributed by atoms with Crippen LogP contribution in [0.2, 0.25) is 0 Å². The number of nitrogens with one attached hydrogen (secondary N) is 3. The number of rotatable bonds is 7. The second-order valence-corrected chi connectivity index (χ2v) is 5.33. The summed E-state index contributed by atoms with van der Waals surface area (Å²) in [7, 11) is 0. The molecule has 27 heavy (non-hydrogen) atoms. The third kappa shape index (κ3) is 5.63. The van der Waals surface area contributed by atoms with E-state index in [0.717, 1.165) is 6.07 Å². The second kappa shape index (κ2) is 8.93. The van der Waals surface area contributed by atoms with E-state index in [1.54, 1.807) is 25.1 Å². The highest BCUT2D eigenvalue weighted by molar-refractivity contribution is 5.98. The zero-order valence-corrected chi connectivity index (χ0v) is 14.4. The van der Waals surface area contributed by atoms with Crippen LogP contribution in [0.5, 0.6) is 5.75 Å². The molecule has 9 heteroatoms. The number of hydrogen-bond donors (Lipinski definition) is 3. The van der Waals surface area contributed by atoms with E-state index in [9.17, 15) is 22.8 Å². The van der Waals surface area contributed by atoms with Gasteiger partial charge in [0.25, 0.3) is 11.8 Å². The first-order chi connectivity index (χ1) is 12.8. The molecule has 0 fully saturated rings. The van der Waals surface area contributed by atoms with Crippen molar-refractivity contribution in [2.75, 3.05) is 18.6 Å². The molecule has 0 aliphatic carbocycles. The normalized spacial score (nSPS) is 10.8. The molecule has 0 aliphatic heterocycles. The van der Waals surface area contributed by atoms with Crippen molar-refractivity contribution in [3.05, 3.63) is 59.7 Å². The summed E-state index contributed by atoms with van der Waals surface area (Å²) >= 11 is 0. The molecule has 2 aromatic carbocycles. The lowest BCUT2D eigenvalue weighted by Gasteiger charge is -2.15. The van der Waals surface area contributed by atoms with E-state index in [0.29, 0.717) is 12.4 Å². The number of halogens is 3. The third-order valence-corrected chi connectivity index (χ3v) is 3.41. The molecule has 0 unspecified atom stereocenters. The Balaban J connectivity index is 1.92. The standard InChI is InChI=1S/C18H18F3N3O3/c1-2-27-15-10-6-3-7-12(15)17(26)22-11-16(25)24-23-14-9-5-4-8-13(14)18(19,20)21/h3-10,23H,2,11H2,1H3,(H,22,26)(H,24,25). The molecule has 2 rings (SSSR count). The summed E-state index contributed by atoms with van der Waals surface area (Å²) in [6.07, 6.45) is -4.56. The number of carbonyl (C=O) groups is 2. The van der Waals surface area contributed by atoms with Crippen LogP contribution in [-0.2, 0) is 11.0 Å².